The molecule has 0 unspecified atom stereocenters. The first-order valence-corrected chi connectivity index (χ1v) is 8.71. The first-order valence-electron chi connectivity index (χ1n) is 8.33. The minimum atomic E-state index is -4.46. The van der Waals surface area contributed by atoms with Gasteiger partial charge in [-0.1, -0.05) is 23.7 Å². The molecular weight excluding hydrogens is 381 g/mol. The van der Waals surface area contributed by atoms with E-state index in [-0.39, 0.29) is 17.5 Å². The number of rotatable bonds is 2. The first kappa shape index (κ1) is 17.9. The zero-order valence-corrected chi connectivity index (χ0v) is 14.7. The average molecular weight is 395 g/mol. The van der Waals surface area contributed by atoms with Gasteiger partial charge in [0.15, 0.2) is 0 Å². The number of para-hydroxylation sites is 1. The Balaban J connectivity index is 1.54. The van der Waals surface area contributed by atoms with Crippen LogP contribution in [0.3, 0.4) is 0 Å². The van der Waals surface area contributed by atoms with Crippen molar-refractivity contribution in [3.63, 3.8) is 0 Å². The molecule has 4 rings (SSSR count). The van der Waals surface area contributed by atoms with Gasteiger partial charge in [0.1, 0.15) is 6.04 Å². The number of anilines is 1. The Hall–Kier alpha value is -2.54. The molecular formula is C19H14ClF3N2O2. The van der Waals surface area contributed by atoms with E-state index in [1.807, 2.05) is 0 Å². The minimum Gasteiger partial charge on any atom is -0.324 e. The van der Waals surface area contributed by atoms with E-state index in [4.69, 9.17) is 11.6 Å². The molecule has 0 aliphatic carbocycles. The highest BCUT2D eigenvalue weighted by atomic mass is 35.5. The van der Waals surface area contributed by atoms with Gasteiger partial charge >= 0.3 is 6.18 Å². The predicted molar refractivity (Wildman–Crippen MR) is 93.6 cm³/mol. The molecule has 2 amide bonds. The van der Waals surface area contributed by atoms with E-state index in [2.05, 4.69) is 0 Å². The summed E-state index contributed by atoms with van der Waals surface area (Å²) in [6.45, 7) is 0.321. The molecule has 2 aromatic carbocycles. The molecule has 2 aliphatic rings. The quantitative estimate of drug-likeness (QED) is 0.772. The molecule has 2 atom stereocenters. The van der Waals surface area contributed by atoms with Gasteiger partial charge in [0, 0.05) is 12.1 Å². The highest BCUT2D eigenvalue weighted by Gasteiger charge is 2.52. The van der Waals surface area contributed by atoms with E-state index in [9.17, 15) is 22.8 Å². The normalized spacial score (nSPS) is 21.9. The van der Waals surface area contributed by atoms with Crippen molar-refractivity contribution in [3.05, 3.63) is 64.7 Å². The number of carbonyl (C=O) groups excluding carboxylic acids is 2. The van der Waals surface area contributed by atoms with Crippen LogP contribution in [0.4, 0.5) is 18.9 Å². The molecule has 0 aromatic heterocycles. The fraction of sp³-hybridized carbons (Fsp3) is 0.263. The molecule has 0 saturated carbocycles. The summed E-state index contributed by atoms with van der Waals surface area (Å²) in [6.07, 6.45) is -3.98. The molecule has 2 aromatic rings. The second kappa shape index (κ2) is 6.27. The predicted octanol–water partition coefficient (Wildman–Crippen LogP) is 3.99. The van der Waals surface area contributed by atoms with Gasteiger partial charge in [-0.05, 0) is 42.8 Å². The van der Waals surface area contributed by atoms with E-state index < -0.39 is 23.7 Å². The number of halogens is 4. The molecule has 8 heteroatoms. The summed E-state index contributed by atoms with van der Waals surface area (Å²) < 4.78 is 38.0. The summed E-state index contributed by atoms with van der Waals surface area (Å²) in [5.41, 5.74) is -0.0751. The minimum absolute atomic E-state index is 0.132. The van der Waals surface area contributed by atoms with E-state index in [1.165, 1.54) is 4.90 Å². The summed E-state index contributed by atoms with van der Waals surface area (Å²) in [7, 11) is 0. The van der Waals surface area contributed by atoms with Crippen LogP contribution in [0.5, 0.6) is 0 Å². The van der Waals surface area contributed by atoms with E-state index in [0.717, 1.165) is 24.3 Å². The van der Waals surface area contributed by atoms with Crippen molar-refractivity contribution in [2.75, 3.05) is 11.4 Å². The van der Waals surface area contributed by atoms with Gasteiger partial charge in [0.05, 0.1) is 22.3 Å². The Morgan fingerprint density at radius 2 is 1.74 bits per heavy atom. The molecule has 2 bridgehead atoms. The number of alkyl halides is 3. The Morgan fingerprint density at radius 3 is 2.33 bits per heavy atom. The van der Waals surface area contributed by atoms with Crippen molar-refractivity contribution < 1.29 is 22.8 Å². The Morgan fingerprint density at radius 1 is 1.07 bits per heavy atom. The van der Waals surface area contributed by atoms with Crippen molar-refractivity contribution in [2.45, 2.75) is 24.7 Å². The molecule has 27 heavy (non-hydrogen) atoms. The Bertz CT molecular complexity index is 914. The average Bonchev–Trinajstić information content (AvgIpc) is 3.19. The summed E-state index contributed by atoms with van der Waals surface area (Å²) in [6, 6.07) is 10.2. The van der Waals surface area contributed by atoms with Gasteiger partial charge < -0.3 is 9.80 Å². The van der Waals surface area contributed by atoms with Crippen molar-refractivity contribution >= 4 is 29.1 Å². The maximum absolute atomic E-state index is 12.8. The summed E-state index contributed by atoms with van der Waals surface area (Å²) in [5, 5.41) is 0.457. The van der Waals surface area contributed by atoms with Crippen LogP contribution in [0.2, 0.25) is 5.02 Å². The van der Waals surface area contributed by atoms with E-state index in [0.29, 0.717) is 23.7 Å². The lowest BCUT2D eigenvalue weighted by atomic mass is 10.1. The maximum atomic E-state index is 12.8. The molecule has 2 fully saturated rings. The smallest absolute Gasteiger partial charge is 0.324 e. The zero-order chi connectivity index (χ0) is 19.3. The zero-order valence-electron chi connectivity index (χ0n) is 13.9. The van der Waals surface area contributed by atoms with Crippen LogP contribution in [0.1, 0.15) is 22.3 Å². The molecule has 140 valence electrons. The van der Waals surface area contributed by atoms with Crippen LogP contribution in [-0.2, 0) is 11.0 Å². The monoisotopic (exact) mass is 394 g/mol. The summed E-state index contributed by atoms with van der Waals surface area (Å²) >= 11 is 6.19. The fourth-order valence-corrected chi connectivity index (χ4v) is 3.96. The van der Waals surface area contributed by atoms with Crippen molar-refractivity contribution in [3.8, 4) is 0 Å². The molecule has 0 spiro atoms. The molecule has 2 aliphatic heterocycles. The Labute approximate surface area is 158 Å². The van der Waals surface area contributed by atoms with Crippen molar-refractivity contribution in [1.82, 2.24) is 4.90 Å². The van der Waals surface area contributed by atoms with Gasteiger partial charge in [-0.2, -0.15) is 13.2 Å². The third-order valence-electron chi connectivity index (χ3n) is 5.00. The van der Waals surface area contributed by atoms with Crippen LogP contribution < -0.4 is 4.90 Å². The first-order chi connectivity index (χ1) is 12.8. The number of hydrogen-bond acceptors (Lipinski definition) is 2. The summed E-state index contributed by atoms with van der Waals surface area (Å²) in [4.78, 5) is 28.5. The number of carbonyl (C=O) groups is 2. The number of benzene rings is 2. The Kier molecular flexibility index (Phi) is 4.14. The largest absolute Gasteiger partial charge is 0.416 e. The van der Waals surface area contributed by atoms with Crippen LogP contribution in [0.15, 0.2) is 48.5 Å². The van der Waals surface area contributed by atoms with Gasteiger partial charge in [-0.3, -0.25) is 9.59 Å². The number of nitrogens with zero attached hydrogens (tertiary/aromatic N) is 2. The third-order valence-corrected chi connectivity index (χ3v) is 5.32. The van der Waals surface area contributed by atoms with Gasteiger partial charge in [-0.15, -0.1) is 0 Å². The number of piperazine rings is 1. The molecule has 2 heterocycles. The van der Waals surface area contributed by atoms with Crippen LogP contribution in [0, 0.1) is 0 Å². The number of hydrogen-bond donors (Lipinski definition) is 0. The second-order valence-corrected chi connectivity index (χ2v) is 7.00. The third kappa shape index (κ3) is 2.96. The topological polar surface area (TPSA) is 40.6 Å². The van der Waals surface area contributed by atoms with Crippen LogP contribution >= 0.6 is 11.6 Å². The molecule has 0 N–H and O–H groups in total. The number of amides is 2. The number of fused-ring (bicyclic) bond motifs is 2. The van der Waals surface area contributed by atoms with Gasteiger partial charge in [0.2, 0.25) is 5.91 Å². The fourth-order valence-electron chi connectivity index (χ4n) is 3.73. The molecule has 4 nitrogen and oxygen atoms in total. The lowest BCUT2D eigenvalue weighted by Crippen LogP contribution is -2.52. The highest BCUT2D eigenvalue weighted by molar-refractivity contribution is 6.34. The van der Waals surface area contributed by atoms with Gasteiger partial charge in [0.25, 0.3) is 5.91 Å². The maximum Gasteiger partial charge on any atom is 0.416 e. The SMILES string of the molecule is O=C(c1ccc(C(F)(F)F)cc1)N1C[C@@H]2C[C@H]1C(=O)N2c1ccccc1Cl. The van der Waals surface area contributed by atoms with Gasteiger partial charge in [-0.25, -0.2) is 0 Å². The lowest BCUT2D eigenvalue weighted by Gasteiger charge is -2.34. The molecule has 0 radical (unpaired) electrons. The van der Waals surface area contributed by atoms with Crippen molar-refractivity contribution in [2.24, 2.45) is 0 Å². The van der Waals surface area contributed by atoms with E-state index >= 15 is 0 Å². The highest BCUT2D eigenvalue weighted by Crippen LogP contribution is 2.39. The number of likely N-dealkylation sites (tertiary alicyclic amines) is 1. The molecule has 2 saturated heterocycles. The van der Waals surface area contributed by atoms with Crippen molar-refractivity contribution in [1.29, 1.82) is 0 Å². The summed E-state index contributed by atoms with van der Waals surface area (Å²) in [5.74, 6) is -0.664. The van der Waals surface area contributed by atoms with E-state index in [1.54, 1.807) is 29.2 Å². The lowest BCUT2D eigenvalue weighted by molar-refractivity contribution is -0.137. The van der Waals surface area contributed by atoms with Crippen LogP contribution in [-0.4, -0.2) is 35.3 Å². The van der Waals surface area contributed by atoms with Crippen LogP contribution in [0.25, 0.3) is 0 Å². The second-order valence-electron chi connectivity index (χ2n) is 6.60. The standard InChI is InChI=1S/C19H14ClF3N2O2/c20-14-3-1-2-4-15(14)25-13-9-16(18(25)27)24(10-13)17(26)11-5-7-12(8-6-11)19(21,22)23/h1-8,13,16H,9-10H2/t13-,16-/m0/s1.